The van der Waals surface area contributed by atoms with E-state index in [-0.39, 0.29) is 17.4 Å². The molecule has 0 saturated carbocycles. The Morgan fingerprint density at radius 1 is 1.08 bits per heavy atom. The second kappa shape index (κ2) is 7.01. The lowest BCUT2D eigenvalue weighted by Gasteiger charge is -2.14. The summed E-state index contributed by atoms with van der Waals surface area (Å²) in [6.07, 6.45) is 0.328. The summed E-state index contributed by atoms with van der Waals surface area (Å²) in [5, 5.41) is 11.1. The van der Waals surface area contributed by atoms with Crippen LogP contribution in [0.3, 0.4) is 0 Å². The van der Waals surface area contributed by atoms with Crippen LogP contribution in [0.4, 0.5) is 0 Å². The number of nitrogens with two attached hydrogens (primary N) is 1. The van der Waals surface area contributed by atoms with Crippen LogP contribution in [0, 0.1) is 0 Å². The third-order valence-corrected chi connectivity index (χ3v) is 4.97. The van der Waals surface area contributed by atoms with Gasteiger partial charge in [0.2, 0.25) is 10.0 Å². The molecule has 1 aromatic heterocycles. The summed E-state index contributed by atoms with van der Waals surface area (Å²) in [5.74, 6) is -0.115. The van der Waals surface area contributed by atoms with Gasteiger partial charge in [0, 0.05) is 10.9 Å². The molecule has 7 heteroatoms. The highest BCUT2D eigenvalue weighted by atomic mass is 32.2. The van der Waals surface area contributed by atoms with Gasteiger partial charge in [0.05, 0.1) is 22.9 Å². The lowest BCUT2D eigenvalue weighted by Crippen LogP contribution is -2.25. The number of hydrogen-bond donors (Lipinski definition) is 1. The topological polar surface area (TPSA) is 95.1 Å². The summed E-state index contributed by atoms with van der Waals surface area (Å²) in [7, 11) is -3.52. The minimum absolute atomic E-state index is 0.0728. The number of sulfonamides is 1. The Hall–Kier alpha value is -2.51. The fourth-order valence-corrected chi connectivity index (χ4v) is 3.42. The third-order valence-electron chi connectivity index (χ3n) is 4.19. The highest BCUT2D eigenvalue weighted by Crippen LogP contribution is 2.26. The van der Waals surface area contributed by atoms with Crippen LogP contribution in [0.1, 0.15) is 25.5 Å². The van der Waals surface area contributed by atoms with E-state index in [1.807, 2.05) is 56.3 Å². The fraction of sp³-hybridized carbons (Fsp3) is 0.263. The van der Waals surface area contributed by atoms with Gasteiger partial charge in [0.15, 0.2) is 0 Å². The summed E-state index contributed by atoms with van der Waals surface area (Å²) in [4.78, 5) is 12.7. The van der Waals surface area contributed by atoms with Gasteiger partial charge >= 0.3 is 0 Å². The number of nitrogens with zero attached hydrogens (tertiary/aromatic N) is 2. The lowest BCUT2D eigenvalue weighted by molar-refractivity contribution is 0.510. The van der Waals surface area contributed by atoms with Crippen molar-refractivity contribution in [3.63, 3.8) is 0 Å². The number of aromatic nitrogens is 2. The molecule has 0 spiro atoms. The number of hydrogen-bond acceptors (Lipinski definition) is 4. The molecule has 1 heterocycles. The van der Waals surface area contributed by atoms with Crippen molar-refractivity contribution < 1.29 is 8.42 Å². The number of primary sulfonamides is 1. The van der Waals surface area contributed by atoms with Crippen LogP contribution < -0.4 is 10.7 Å². The van der Waals surface area contributed by atoms with Gasteiger partial charge in [-0.3, -0.25) is 4.79 Å². The molecule has 0 aliphatic carbocycles. The molecule has 2 aromatic carbocycles. The Labute approximate surface area is 152 Å². The van der Waals surface area contributed by atoms with Crippen LogP contribution in [0.25, 0.3) is 22.0 Å². The first kappa shape index (κ1) is 18.3. The van der Waals surface area contributed by atoms with Crippen molar-refractivity contribution in [1.29, 1.82) is 0 Å². The van der Waals surface area contributed by atoms with E-state index < -0.39 is 10.0 Å². The van der Waals surface area contributed by atoms with E-state index in [9.17, 15) is 13.2 Å². The predicted molar refractivity (Wildman–Crippen MR) is 104 cm³/mol. The zero-order valence-corrected chi connectivity index (χ0v) is 15.5. The van der Waals surface area contributed by atoms with Crippen molar-refractivity contribution in [3.05, 3.63) is 64.4 Å². The number of benzene rings is 2. The van der Waals surface area contributed by atoms with Crippen LogP contribution in [-0.2, 0) is 16.4 Å². The van der Waals surface area contributed by atoms with Gasteiger partial charge in [-0.15, -0.1) is 0 Å². The van der Waals surface area contributed by atoms with Crippen molar-refractivity contribution in [1.82, 2.24) is 9.78 Å². The van der Waals surface area contributed by atoms with Crippen molar-refractivity contribution in [2.75, 3.05) is 5.75 Å². The van der Waals surface area contributed by atoms with Crippen molar-refractivity contribution in [2.24, 2.45) is 5.14 Å². The van der Waals surface area contributed by atoms with Gasteiger partial charge in [0.1, 0.15) is 0 Å². The molecular weight excluding hydrogens is 350 g/mol. The monoisotopic (exact) mass is 371 g/mol. The number of fused-ring (bicyclic) bond motifs is 1. The zero-order valence-electron chi connectivity index (χ0n) is 14.7. The summed E-state index contributed by atoms with van der Waals surface area (Å²) in [6.45, 7) is 3.82. The molecule has 26 heavy (non-hydrogen) atoms. The minimum atomic E-state index is -3.52. The summed E-state index contributed by atoms with van der Waals surface area (Å²) in [6, 6.07) is 14.8. The smallest absolute Gasteiger partial charge is 0.267 e. The average Bonchev–Trinajstić information content (AvgIpc) is 2.60. The first-order valence-corrected chi connectivity index (χ1v) is 10.1. The highest BCUT2D eigenvalue weighted by Gasteiger charge is 2.14. The Balaban J connectivity index is 2.16. The maximum atomic E-state index is 12.7. The van der Waals surface area contributed by atoms with Crippen LogP contribution in [0.2, 0.25) is 0 Å². The Bertz CT molecular complexity index is 1120. The Kier molecular flexibility index (Phi) is 4.93. The van der Waals surface area contributed by atoms with Crippen molar-refractivity contribution in [3.8, 4) is 11.3 Å². The second-order valence-electron chi connectivity index (χ2n) is 6.56. The summed E-state index contributed by atoms with van der Waals surface area (Å²) >= 11 is 0. The van der Waals surface area contributed by atoms with Gasteiger partial charge in [-0.05, 0) is 38.0 Å². The molecule has 0 aliphatic rings. The highest BCUT2D eigenvalue weighted by molar-refractivity contribution is 7.89. The summed E-state index contributed by atoms with van der Waals surface area (Å²) < 4.78 is 23.9. The van der Waals surface area contributed by atoms with Gasteiger partial charge in [0.25, 0.3) is 5.56 Å². The third kappa shape index (κ3) is 3.84. The molecule has 0 unspecified atom stereocenters. The van der Waals surface area contributed by atoms with Gasteiger partial charge in [-0.1, -0.05) is 36.4 Å². The molecule has 0 aliphatic heterocycles. The van der Waals surface area contributed by atoms with Crippen LogP contribution in [0.5, 0.6) is 0 Å². The summed E-state index contributed by atoms with van der Waals surface area (Å²) in [5.41, 5.74) is 2.27. The maximum absolute atomic E-state index is 12.7. The van der Waals surface area contributed by atoms with Crippen LogP contribution >= 0.6 is 0 Å². The van der Waals surface area contributed by atoms with E-state index in [0.717, 1.165) is 16.5 Å². The zero-order chi connectivity index (χ0) is 18.9. The first-order chi connectivity index (χ1) is 12.3. The fourth-order valence-electron chi connectivity index (χ4n) is 2.90. The molecule has 0 saturated heterocycles. The molecule has 136 valence electrons. The molecule has 0 fully saturated rings. The van der Waals surface area contributed by atoms with E-state index in [1.165, 1.54) is 4.68 Å². The quantitative estimate of drug-likeness (QED) is 0.745. The Morgan fingerprint density at radius 2 is 1.77 bits per heavy atom. The second-order valence-corrected chi connectivity index (χ2v) is 8.29. The van der Waals surface area contributed by atoms with E-state index in [1.54, 1.807) is 6.07 Å². The number of rotatable bonds is 5. The molecule has 0 bridgehead atoms. The standard InChI is InChI=1S/C19H21N3O3S/c1-13(2)22-19(23)17-9-4-3-8-16(17)18(21-22)15-7-5-6-14(12-15)10-11-26(20,24)25/h3-9,12-13H,10-11H2,1-2H3,(H2,20,24,25). The van der Waals surface area contributed by atoms with Gasteiger partial charge in [-0.25, -0.2) is 18.2 Å². The molecule has 0 amide bonds. The van der Waals surface area contributed by atoms with Crippen LogP contribution in [-0.4, -0.2) is 24.0 Å². The van der Waals surface area contributed by atoms with E-state index >= 15 is 0 Å². The normalized spacial score (nSPS) is 12.0. The SMILES string of the molecule is CC(C)n1nc(-c2cccc(CCS(N)(=O)=O)c2)c2ccccc2c1=O. The minimum Gasteiger partial charge on any atom is -0.267 e. The largest absolute Gasteiger partial charge is 0.274 e. The van der Waals surface area contributed by atoms with Crippen molar-refractivity contribution in [2.45, 2.75) is 26.3 Å². The molecular formula is C19H21N3O3S. The van der Waals surface area contributed by atoms with Gasteiger partial charge < -0.3 is 0 Å². The van der Waals surface area contributed by atoms with Crippen LogP contribution in [0.15, 0.2) is 53.3 Å². The van der Waals surface area contributed by atoms with Gasteiger partial charge in [-0.2, -0.15) is 5.10 Å². The average molecular weight is 371 g/mol. The molecule has 3 rings (SSSR count). The first-order valence-electron chi connectivity index (χ1n) is 8.37. The molecule has 6 nitrogen and oxygen atoms in total. The molecule has 0 atom stereocenters. The van der Waals surface area contributed by atoms with E-state index in [2.05, 4.69) is 5.10 Å². The predicted octanol–water partition coefficient (Wildman–Crippen LogP) is 2.48. The molecule has 0 radical (unpaired) electrons. The van der Waals surface area contributed by atoms with Crippen molar-refractivity contribution >= 4 is 20.8 Å². The lowest BCUT2D eigenvalue weighted by atomic mass is 10.0. The van der Waals surface area contributed by atoms with E-state index in [0.29, 0.717) is 17.5 Å². The molecule has 3 aromatic rings. The Morgan fingerprint density at radius 3 is 2.42 bits per heavy atom. The number of aryl methyl sites for hydroxylation is 1. The maximum Gasteiger partial charge on any atom is 0.274 e. The molecule has 2 N–H and O–H groups in total. The van der Waals surface area contributed by atoms with E-state index in [4.69, 9.17) is 5.14 Å².